The Balaban J connectivity index is 3.39. The number of alkyl halides is 4. The number of anilines is 1. The van der Waals surface area contributed by atoms with E-state index in [0.717, 1.165) is 6.07 Å². The highest BCUT2D eigenvalue weighted by atomic mass is 79.9. The van der Waals surface area contributed by atoms with Crippen LogP contribution < -0.4 is 5.73 Å². The fourth-order valence-electron chi connectivity index (χ4n) is 1.05. The molecule has 6 heteroatoms. The Morgan fingerprint density at radius 2 is 1.86 bits per heavy atom. The van der Waals surface area contributed by atoms with E-state index in [2.05, 4.69) is 31.9 Å². The van der Waals surface area contributed by atoms with Crippen LogP contribution in [0, 0.1) is 0 Å². The normalized spacial score (nSPS) is 11.8. The molecule has 1 rings (SSSR count). The minimum absolute atomic E-state index is 0.0619. The van der Waals surface area contributed by atoms with Crippen molar-refractivity contribution in [3.63, 3.8) is 0 Å². The summed E-state index contributed by atoms with van der Waals surface area (Å²) in [4.78, 5) is 0. The van der Waals surface area contributed by atoms with E-state index in [1.54, 1.807) is 0 Å². The lowest BCUT2D eigenvalue weighted by Crippen LogP contribution is -2.10. The summed E-state index contributed by atoms with van der Waals surface area (Å²) in [6.45, 7) is 0. The molecule has 0 atom stereocenters. The Morgan fingerprint density at radius 3 is 2.29 bits per heavy atom. The van der Waals surface area contributed by atoms with Crippen LogP contribution in [0.1, 0.15) is 11.1 Å². The van der Waals surface area contributed by atoms with Crippen molar-refractivity contribution in [3.8, 4) is 0 Å². The molecule has 0 radical (unpaired) electrons. The van der Waals surface area contributed by atoms with Crippen LogP contribution in [0.25, 0.3) is 0 Å². The highest BCUT2D eigenvalue weighted by molar-refractivity contribution is 9.10. The van der Waals surface area contributed by atoms with E-state index in [1.165, 1.54) is 6.07 Å². The molecular formula is C8H6Br2F3N. The Kier molecular flexibility index (Phi) is 3.47. The van der Waals surface area contributed by atoms with Crippen LogP contribution >= 0.6 is 31.9 Å². The quantitative estimate of drug-likeness (QED) is 0.611. The summed E-state index contributed by atoms with van der Waals surface area (Å²) in [7, 11) is 0. The van der Waals surface area contributed by atoms with Crippen molar-refractivity contribution in [2.24, 2.45) is 0 Å². The molecule has 14 heavy (non-hydrogen) atoms. The van der Waals surface area contributed by atoms with Crippen LogP contribution in [0.2, 0.25) is 0 Å². The zero-order valence-electron chi connectivity index (χ0n) is 6.83. The zero-order valence-corrected chi connectivity index (χ0v) is 10.0. The first-order valence-corrected chi connectivity index (χ1v) is 5.49. The van der Waals surface area contributed by atoms with Crippen LogP contribution in [0.3, 0.4) is 0 Å². The van der Waals surface area contributed by atoms with E-state index in [1.807, 2.05) is 0 Å². The van der Waals surface area contributed by atoms with Gasteiger partial charge >= 0.3 is 6.18 Å². The molecule has 0 saturated carbocycles. The lowest BCUT2D eigenvalue weighted by molar-refractivity contribution is -0.138. The van der Waals surface area contributed by atoms with Gasteiger partial charge in [0.1, 0.15) is 0 Å². The lowest BCUT2D eigenvalue weighted by atomic mass is 10.1. The summed E-state index contributed by atoms with van der Waals surface area (Å²) in [6.07, 6.45) is -4.36. The first-order valence-electron chi connectivity index (χ1n) is 3.58. The van der Waals surface area contributed by atoms with Gasteiger partial charge in [0.15, 0.2) is 0 Å². The standard InChI is InChI=1S/C8H6Br2F3N/c9-3-4-5(8(11,12)13)1-2-6(10)7(4)14/h1-2H,3,14H2. The van der Waals surface area contributed by atoms with E-state index < -0.39 is 11.7 Å². The highest BCUT2D eigenvalue weighted by Gasteiger charge is 2.34. The Hall–Kier alpha value is -0.230. The molecule has 0 saturated heterocycles. The van der Waals surface area contributed by atoms with Crippen molar-refractivity contribution in [2.75, 3.05) is 5.73 Å². The van der Waals surface area contributed by atoms with E-state index in [9.17, 15) is 13.2 Å². The Labute approximate surface area is 95.7 Å². The minimum Gasteiger partial charge on any atom is -0.398 e. The summed E-state index contributed by atoms with van der Waals surface area (Å²) in [5.41, 5.74) is 5.00. The second kappa shape index (κ2) is 4.10. The van der Waals surface area contributed by atoms with Crippen molar-refractivity contribution in [3.05, 3.63) is 27.7 Å². The predicted molar refractivity (Wildman–Crippen MR) is 56.2 cm³/mol. The van der Waals surface area contributed by atoms with Crippen molar-refractivity contribution in [1.82, 2.24) is 0 Å². The number of halogens is 5. The maximum Gasteiger partial charge on any atom is 0.416 e. The van der Waals surface area contributed by atoms with Gasteiger partial charge in [-0.2, -0.15) is 13.2 Å². The molecule has 78 valence electrons. The predicted octanol–water partition coefficient (Wildman–Crippen LogP) is 3.95. The van der Waals surface area contributed by atoms with E-state index >= 15 is 0 Å². The first kappa shape index (κ1) is 11.8. The molecule has 0 unspecified atom stereocenters. The maximum absolute atomic E-state index is 12.5. The smallest absolute Gasteiger partial charge is 0.398 e. The number of nitrogens with two attached hydrogens (primary N) is 1. The third-order valence-electron chi connectivity index (χ3n) is 1.74. The largest absolute Gasteiger partial charge is 0.416 e. The molecule has 0 amide bonds. The van der Waals surface area contributed by atoms with Crippen LogP contribution in [0.4, 0.5) is 18.9 Å². The molecule has 0 aliphatic heterocycles. The molecule has 1 nitrogen and oxygen atoms in total. The maximum atomic E-state index is 12.5. The number of benzene rings is 1. The summed E-state index contributed by atoms with van der Waals surface area (Å²) in [5, 5.41) is 0.0765. The van der Waals surface area contributed by atoms with Gasteiger partial charge in [-0.15, -0.1) is 0 Å². The topological polar surface area (TPSA) is 26.0 Å². The van der Waals surface area contributed by atoms with Crippen LogP contribution in [0.15, 0.2) is 16.6 Å². The van der Waals surface area contributed by atoms with Crippen LogP contribution in [-0.4, -0.2) is 0 Å². The third kappa shape index (κ3) is 2.23. The highest BCUT2D eigenvalue weighted by Crippen LogP contribution is 2.38. The SMILES string of the molecule is Nc1c(Br)ccc(C(F)(F)F)c1CBr. The van der Waals surface area contributed by atoms with Gasteiger partial charge in [0.25, 0.3) is 0 Å². The summed E-state index contributed by atoms with van der Waals surface area (Å²) < 4.78 is 37.8. The van der Waals surface area contributed by atoms with Gasteiger partial charge in [0, 0.05) is 9.80 Å². The molecular weight excluding hydrogens is 327 g/mol. The zero-order chi connectivity index (χ0) is 10.9. The van der Waals surface area contributed by atoms with Crippen molar-refractivity contribution in [2.45, 2.75) is 11.5 Å². The van der Waals surface area contributed by atoms with Crippen molar-refractivity contribution >= 4 is 37.5 Å². The molecule has 1 aromatic rings. The molecule has 0 aromatic heterocycles. The fraction of sp³-hybridized carbons (Fsp3) is 0.250. The van der Waals surface area contributed by atoms with Gasteiger partial charge in [-0.3, -0.25) is 0 Å². The van der Waals surface area contributed by atoms with Crippen molar-refractivity contribution in [1.29, 1.82) is 0 Å². The molecule has 0 fully saturated rings. The average Bonchev–Trinajstić information content (AvgIpc) is 2.07. The molecule has 0 heterocycles. The molecule has 0 aliphatic rings. The third-order valence-corrected chi connectivity index (χ3v) is 3.00. The van der Waals surface area contributed by atoms with E-state index in [4.69, 9.17) is 5.73 Å². The lowest BCUT2D eigenvalue weighted by Gasteiger charge is -2.14. The molecule has 1 aromatic carbocycles. The van der Waals surface area contributed by atoms with Crippen molar-refractivity contribution < 1.29 is 13.2 Å². The molecule has 2 N–H and O–H groups in total. The van der Waals surface area contributed by atoms with Gasteiger partial charge in [0.2, 0.25) is 0 Å². The minimum atomic E-state index is -4.36. The fourth-order valence-corrected chi connectivity index (χ4v) is 2.02. The van der Waals surface area contributed by atoms with Crippen LogP contribution in [-0.2, 0) is 11.5 Å². The number of hydrogen-bond acceptors (Lipinski definition) is 1. The van der Waals surface area contributed by atoms with Gasteiger partial charge in [0.05, 0.1) is 11.3 Å². The number of rotatable bonds is 1. The Bertz CT molecular complexity index is 349. The second-order valence-corrected chi connectivity index (χ2v) is 4.03. The summed E-state index contributed by atoms with van der Waals surface area (Å²) in [5.74, 6) is 0. The Morgan fingerprint density at radius 1 is 1.29 bits per heavy atom. The molecule has 0 bridgehead atoms. The monoisotopic (exact) mass is 331 g/mol. The number of hydrogen-bond donors (Lipinski definition) is 1. The molecule has 0 aliphatic carbocycles. The number of nitrogen functional groups attached to an aromatic ring is 1. The van der Waals surface area contributed by atoms with Gasteiger partial charge in [-0.05, 0) is 33.6 Å². The average molecular weight is 333 g/mol. The molecule has 0 spiro atoms. The second-order valence-electron chi connectivity index (χ2n) is 2.62. The van der Waals surface area contributed by atoms with Crippen LogP contribution in [0.5, 0.6) is 0 Å². The van der Waals surface area contributed by atoms with Gasteiger partial charge in [-0.25, -0.2) is 0 Å². The van der Waals surface area contributed by atoms with Gasteiger partial charge in [-0.1, -0.05) is 15.9 Å². The van der Waals surface area contributed by atoms with E-state index in [-0.39, 0.29) is 16.6 Å². The van der Waals surface area contributed by atoms with Gasteiger partial charge < -0.3 is 5.73 Å². The van der Waals surface area contributed by atoms with E-state index in [0.29, 0.717) is 4.47 Å². The summed E-state index contributed by atoms with van der Waals surface area (Å²) in [6, 6.07) is 2.31. The summed E-state index contributed by atoms with van der Waals surface area (Å²) >= 11 is 6.06. The first-order chi connectivity index (χ1) is 6.38.